The van der Waals surface area contributed by atoms with Gasteiger partial charge >= 0.3 is 0 Å². The quantitative estimate of drug-likeness (QED) is 0.648. The van der Waals surface area contributed by atoms with Gasteiger partial charge in [0.1, 0.15) is 10.6 Å². The van der Waals surface area contributed by atoms with E-state index in [1.807, 2.05) is 31.2 Å². The fraction of sp³-hybridized carbons (Fsp3) is 0.391. The molecule has 31 heavy (non-hydrogen) atoms. The van der Waals surface area contributed by atoms with Crippen LogP contribution in [0.25, 0.3) is 11.1 Å². The molecule has 1 saturated heterocycles. The van der Waals surface area contributed by atoms with Gasteiger partial charge in [0.15, 0.2) is 0 Å². The van der Waals surface area contributed by atoms with Crippen LogP contribution in [0.1, 0.15) is 41.5 Å². The Hall–Kier alpha value is -2.71. The predicted octanol–water partition coefficient (Wildman–Crippen LogP) is 3.97. The van der Waals surface area contributed by atoms with Gasteiger partial charge in [0.25, 0.3) is 0 Å². The molecule has 1 N–H and O–H groups in total. The molecule has 1 aliphatic rings. The number of rotatable bonds is 5. The number of aromatic amines is 1. The van der Waals surface area contributed by atoms with Crippen LogP contribution in [0, 0.1) is 20.8 Å². The van der Waals surface area contributed by atoms with E-state index in [1.54, 1.807) is 25.3 Å². The van der Waals surface area contributed by atoms with Crippen LogP contribution in [-0.4, -0.2) is 48.1 Å². The van der Waals surface area contributed by atoms with E-state index in [1.165, 1.54) is 0 Å². The number of hydrogen-bond donors (Lipinski definition) is 1. The molecule has 1 aromatic carbocycles. The third-order valence-electron chi connectivity index (χ3n) is 5.86. The molecule has 1 unspecified atom stereocenters. The summed E-state index contributed by atoms with van der Waals surface area (Å²) in [5, 5.41) is 6.86. The summed E-state index contributed by atoms with van der Waals surface area (Å²) in [7, 11) is -1.95. The van der Waals surface area contributed by atoms with Crippen molar-refractivity contribution >= 4 is 10.0 Å². The van der Waals surface area contributed by atoms with Gasteiger partial charge in [0, 0.05) is 30.4 Å². The number of nitrogens with zero attached hydrogens (tertiary/aromatic N) is 3. The lowest BCUT2D eigenvalue weighted by Crippen LogP contribution is -2.39. The standard InChI is InChI=1S/C23H28N4O3S/c1-15-12-20(18-7-9-21(30-4)10-8-18)13-22(24-15)19-6-5-11-27(14-19)31(28,29)23-16(2)25-26-17(23)3/h7-10,12-13,19H,5-6,11,14H2,1-4H3,(H,25,26). The van der Waals surface area contributed by atoms with E-state index in [9.17, 15) is 8.42 Å². The molecule has 3 heterocycles. The number of benzene rings is 1. The number of piperidine rings is 1. The summed E-state index contributed by atoms with van der Waals surface area (Å²) in [6, 6.07) is 12.1. The highest BCUT2D eigenvalue weighted by molar-refractivity contribution is 7.89. The summed E-state index contributed by atoms with van der Waals surface area (Å²) in [4.78, 5) is 5.06. The molecular formula is C23H28N4O3S. The summed E-state index contributed by atoms with van der Waals surface area (Å²) >= 11 is 0. The topological polar surface area (TPSA) is 88.2 Å². The van der Waals surface area contributed by atoms with E-state index in [0.29, 0.717) is 29.4 Å². The van der Waals surface area contributed by atoms with Crippen LogP contribution in [0.15, 0.2) is 41.3 Å². The second kappa shape index (κ2) is 8.43. The fourth-order valence-electron chi connectivity index (χ4n) is 4.31. The molecule has 8 heteroatoms. The van der Waals surface area contributed by atoms with Crippen molar-refractivity contribution in [3.8, 4) is 16.9 Å². The molecular weight excluding hydrogens is 412 g/mol. The third-order valence-corrected chi connectivity index (χ3v) is 7.99. The molecule has 4 rings (SSSR count). The van der Waals surface area contributed by atoms with Crippen LogP contribution in [-0.2, 0) is 10.0 Å². The first-order valence-corrected chi connectivity index (χ1v) is 11.9. The number of H-pyrrole nitrogens is 1. The minimum atomic E-state index is -3.60. The number of aryl methyl sites for hydroxylation is 3. The van der Waals surface area contributed by atoms with Crippen LogP contribution in [0.4, 0.5) is 0 Å². The molecule has 0 saturated carbocycles. The molecule has 1 atom stereocenters. The molecule has 0 aliphatic carbocycles. The van der Waals surface area contributed by atoms with Gasteiger partial charge in [-0.15, -0.1) is 0 Å². The van der Waals surface area contributed by atoms with Gasteiger partial charge in [0.2, 0.25) is 10.0 Å². The number of sulfonamides is 1. The van der Waals surface area contributed by atoms with Gasteiger partial charge in [0.05, 0.1) is 18.5 Å². The maximum Gasteiger partial charge on any atom is 0.246 e. The second-order valence-corrected chi connectivity index (χ2v) is 9.99. The number of pyridine rings is 1. The average molecular weight is 441 g/mol. The zero-order chi connectivity index (χ0) is 22.2. The first-order chi connectivity index (χ1) is 14.8. The maximum atomic E-state index is 13.3. The molecule has 0 radical (unpaired) electrons. The highest BCUT2D eigenvalue weighted by Gasteiger charge is 2.34. The number of ether oxygens (including phenoxy) is 1. The summed E-state index contributed by atoms with van der Waals surface area (Å²) in [5.74, 6) is 0.862. The zero-order valence-corrected chi connectivity index (χ0v) is 19.2. The lowest BCUT2D eigenvalue weighted by molar-refractivity contribution is 0.312. The number of methoxy groups -OCH3 is 1. The van der Waals surface area contributed by atoms with Crippen molar-refractivity contribution in [2.75, 3.05) is 20.2 Å². The molecule has 2 aromatic heterocycles. The van der Waals surface area contributed by atoms with Gasteiger partial charge in [-0.1, -0.05) is 12.1 Å². The lowest BCUT2D eigenvalue weighted by atomic mass is 9.93. The van der Waals surface area contributed by atoms with E-state index in [2.05, 4.69) is 22.3 Å². The highest BCUT2D eigenvalue weighted by atomic mass is 32.2. The highest BCUT2D eigenvalue weighted by Crippen LogP contribution is 2.33. The van der Waals surface area contributed by atoms with Crippen LogP contribution in [0.2, 0.25) is 0 Å². The maximum absolute atomic E-state index is 13.3. The van der Waals surface area contributed by atoms with Gasteiger partial charge in [-0.05, 0) is 69.0 Å². The summed E-state index contributed by atoms with van der Waals surface area (Å²) in [6.45, 7) is 6.38. The van der Waals surface area contributed by atoms with Crippen molar-refractivity contribution < 1.29 is 13.2 Å². The summed E-state index contributed by atoms with van der Waals surface area (Å²) < 4.78 is 33.5. The molecule has 0 spiro atoms. The Morgan fingerprint density at radius 1 is 1.10 bits per heavy atom. The first-order valence-electron chi connectivity index (χ1n) is 10.4. The van der Waals surface area contributed by atoms with Crippen LogP contribution < -0.4 is 4.74 Å². The Bertz CT molecular complexity index is 1170. The van der Waals surface area contributed by atoms with E-state index in [4.69, 9.17) is 9.72 Å². The Balaban J connectivity index is 1.63. The lowest BCUT2D eigenvalue weighted by Gasteiger charge is -2.32. The van der Waals surface area contributed by atoms with Crippen molar-refractivity contribution in [3.63, 3.8) is 0 Å². The monoisotopic (exact) mass is 440 g/mol. The van der Waals surface area contributed by atoms with Crippen molar-refractivity contribution in [2.45, 2.75) is 44.4 Å². The third kappa shape index (κ3) is 4.22. The minimum Gasteiger partial charge on any atom is -0.497 e. The largest absolute Gasteiger partial charge is 0.497 e. The fourth-order valence-corrected chi connectivity index (χ4v) is 6.16. The Morgan fingerprint density at radius 3 is 2.48 bits per heavy atom. The van der Waals surface area contributed by atoms with Gasteiger partial charge in [-0.25, -0.2) is 8.42 Å². The van der Waals surface area contributed by atoms with Crippen molar-refractivity contribution in [1.29, 1.82) is 0 Å². The van der Waals surface area contributed by atoms with Crippen LogP contribution in [0.3, 0.4) is 0 Å². The van der Waals surface area contributed by atoms with E-state index < -0.39 is 10.0 Å². The van der Waals surface area contributed by atoms with Gasteiger partial charge in [-0.2, -0.15) is 9.40 Å². The average Bonchev–Trinajstić information content (AvgIpc) is 3.12. The van der Waals surface area contributed by atoms with Gasteiger partial charge in [-0.3, -0.25) is 10.1 Å². The smallest absolute Gasteiger partial charge is 0.246 e. The van der Waals surface area contributed by atoms with Crippen molar-refractivity contribution in [3.05, 3.63) is 59.2 Å². The Labute approximate surface area is 183 Å². The normalized spacial score (nSPS) is 17.6. The molecule has 3 aromatic rings. The number of nitrogens with one attached hydrogen (secondary N) is 1. The first kappa shape index (κ1) is 21.5. The Morgan fingerprint density at radius 2 is 1.84 bits per heavy atom. The van der Waals surface area contributed by atoms with Gasteiger partial charge < -0.3 is 4.74 Å². The number of aromatic nitrogens is 3. The number of hydrogen-bond acceptors (Lipinski definition) is 5. The minimum absolute atomic E-state index is 0.0490. The summed E-state index contributed by atoms with van der Waals surface area (Å²) in [6.07, 6.45) is 1.71. The van der Waals surface area contributed by atoms with E-state index >= 15 is 0 Å². The molecule has 1 aliphatic heterocycles. The van der Waals surface area contributed by atoms with Crippen LogP contribution in [0.5, 0.6) is 5.75 Å². The molecule has 7 nitrogen and oxygen atoms in total. The van der Waals surface area contributed by atoms with E-state index in [0.717, 1.165) is 41.1 Å². The summed E-state index contributed by atoms with van der Waals surface area (Å²) in [5.41, 5.74) is 5.10. The second-order valence-electron chi connectivity index (χ2n) is 8.12. The molecule has 1 fully saturated rings. The van der Waals surface area contributed by atoms with E-state index in [-0.39, 0.29) is 5.92 Å². The molecule has 164 valence electrons. The SMILES string of the molecule is COc1ccc(-c2cc(C)nc(C3CCCN(S(=O)(=O)c4c(C)n[nH]c4C)C3)c2)cc1. The zero-order valence-electron chi connectivity index (χ0n) is 18.3. The Kier molecular flexibility index (Phi) is 5.85. The van der Waals surface area contributed by atoms with Crippen molar-refractivity contribution in [1.82, 2.24) is 19.5 Å². The molecule has 0 amide bonds. The molecule has 0 bridgehead atoms. The predicted molar refractivity (Wildman–Crippen MR) is 120 cm³/mol. The van der Waals surface area contributed by atoms with Crippen molar-refractivity contribution in [2.24, 2.45) is 0 Å². The van der Waals surface area contributed by atoms with Crippen LogP contribution >= 0.6 is 0 Å².